The third kappa shape index (κ3) is 4.68. The summed E-state index contributed by atoms with van der Waals surface area (Å²) in [5, 5.41) is 1.80. The van der Waals surface area contributed by atoms with Gasteiger partial charge in [-0.15, -0.1) is 5.06 Å². The molecular formula is C18H24BrNO2. The van der Waals surface area contributed by atoms with E-state index < -0.39 is 0 Å². The lowest BCUT2D eigenvalue weighted by Crippen LogP contribution is -2.33. The summed E-state index contributed by atoms with van der Waals surface area (Å²) in [6, 6.07) is 6.35. The molecule has 1 saturated heterocycles. The Hall–Kier alpha value is -1.13. The molecule has 120 valence electrons. The highest BCUT2D eigenvalue weighted by atomic mass is 79.9. The molecule has 0 aromatic heterocycles. The Balaban J connectivity index is 1.97. The number of hydroxylamine groups is 2. The van der Waals surface area contributed by atoms with E-state index in [4.69, 9.17) is 4.84 Å². The number of rotatable bonds is 5. The highest BCUT2D eigenvalue weighted by molar-refractivity contribution is 9.10. The summed E-state index contributed by atoms with van der Waals surface area (Å²) in [6.07, 6.45) is 6.55. The van der Waals surface area contributed by atoms with Gasteiger partial charge in [0.15, 0.2) is 0 Å². The number of piperidine rings is 1. The molecule has 3 nitrogen and oxygen atoms in total. The smallest absolute Gasteiger partial charge is 0.325 e. The van der Waals surface area contributed by atoms with Crippen molar-refractivity contribution in [1.29, 1.82) is 0 Å². The van der Waals surface area contributed by atoms with Crippen LogP contribution in [0.25, 0.3) is 6.08 Å². The fourth-order valence-electron chi connectivity index (χ4n) is 2.71. The molecular weight excluding hydrogens is 342 g/mol. The topological polar surface area (TPSA) is 29.5 Å². The first-order chi connectivity index (χ1) is 10.6. The van der Waals surface area contributed by atoms with Crippen LogP contribution in [-0.2, 0) is 16.1 Å². The normalized spacial score (nSPS) is 15.7. The Labute approximate surface area is 141 Å². The summed E-state index contributed by atoms with van der Waals surface area (Å²) in [7, 11) is 0. The highest BCUT2D eigenvalue weighted by Gasteiger charge is 2.17. The molecule has 1 aromatic rings. The molecule has 0 radical (unpaired) electrons. The van der Waals surface area contributed by atoms with E-state index in [1.54, 1.807) is 5.06 Å². The summed E-state index contributed by atoms with van der Waals surface area (Å²) in [6.45, 7) is 5.74. The van der Waals surface area contributed by atoms with Crippen molar-refractivity contribution in [2.24, 2.45) is 0 Å². The van der Waals surface area contributed by atoms with Gasteiger partial charge in [0.1, 0.15) is 0 Å². The summed E-state index contributed by atoms with van der Waals surface area (Å²) in [4.78, 5) is 16.9. The number of hydrogen-bond acceptors (Lipinski definition) is 3. The predicted molar refractivity (Wildman–Crippen MR) is 93.3 cm³/mol. The van der Waals surface area contributed by atoms with Crippen LogP contribution in [0.2, 0.25) is 0 Å². The van der Waals surface area contributed by atoms with Gasteiger partial charge in [-0.1, -0.05) is 53.6 Å². The first-order valence-corrected chi connectivity index (χ1v) is 8.86. The maximum atomic E-state index is 11.5. The van der Waals surface area contributed by atoms with Crippen LogP contribution in [0, 0.1) is 0 Å². The number of carbonyl (C=O) groups is 1. The Morgan fingerprint density at radius 2 is 2.05 bits per heavy atom. The van der Waals surface area contributed by atoms with Crippen LogP contribution < -0.4 is 0 Å². The third-order valence-electron chi connectivity index (χ3n) is 3.92. The van der Waals surface area contributed by atoms with E-state index in [0.29, 0.717) is 6.42 Å². The van der Waals surface area contributed by atoms with Crippen LogP contribution >= 0.6 is 15.9 Å². The molecule has 1 aliphatic heterocycles. The fourth-order valence-corrected chi connectivity index (χ4v) is 3.37. The van der Waals surface area contributed by atoms with Crippen molar-refractivity contribution >= 4 is 28.0 Å². The van der Waals surface area contributed by atoms with E-state index >= 15 is 0 Å². The lowest BCUT2D eigenvalue weighted by molar-refractivity contribution is -0.192. The zero-order valence-electron chi connectivity index (χ0n) is 13.4. The molecule has 1 heterocycles. The SMILES string of the molecule is CCCC(=O)ON1CCC(=Cc2cccc(Br)c2CC)CC1. The lowest BCUT2D eigenvalue weighted by atomic mass is 9.98. The molecule has 1 aromatic carbocycles. The Morgan fingerprint density at radius 3 is 2.68 bits per heavy atom. The minimum atomic E-state index is -0.116. The number of halogens is 1. The summed E-state index contributed by atoms with van der Waals surface area (Å²) >= 11 is 3.63. The van der Waals surface area contributed by atoms with Gasteiger partial charge in [0.2, 0.25) is 0 Å². The fraction of sp³-hybridized carbons (Fsp3) is 0.500. The van der Waals surface area contributed by atoms with Gasteiger partial charge in [-0.25, -0.2) is 0 Å². The van der Waals surface area contributed by atoms with E-state index in [2.05, 4.69) is 47.1 Å². The Kier molecular flexibility index (Phi) is 6.65. The van der Waals surface area contributed by atoms with E-state index in [1.165, 1.54) is 21.2 Å². The standard InChI is InChI=1S/C18H24BrNO2/c1-3-6-18(21)22-20-11-9-14(10-12-20)13-15-7-5-8-17(19)16(15)4-2/h5,7-8,13H,3-4,6,9-12H2,1-2H3. The maximum Gasteiger partial charge on any atom is 0.325 e. The van der Waals surface area contributed by atoms with Crippen LogP contribution in [0.5, 0.6) is 0 Å². The van der Waals surface area contributed by atoms with Gasteiger partial charge >= 0.3 is 5.97 Å². The molecule has 4 heteroatoms. The van der Waals surface area contributed by atoms with Crippen molar-refractivity contribution in [3.05, 3.63) is 39.4 Å². The largest absolute Gasteiger partial charge is 0.368 e. The van der Waals surface area contributed by atoms with Gasteiger partial charge in [0.05, 0.1) is 0 Å². The predicted octanol–water partition coefficient (Wildman–Crippen LogP) is 4.75. The maximum absolute atomic E-state index is 11.5. The van der Waals surface area contributed by atoms with E-state index in [-0.39, 0.29) is 5.97 Å². The van der Waals surface area contributed by atoms with E-state index in [9.17, 15) is 4.79 Å². The lowest BCUT2D eigenvalue weighted by Gasteiger charge is -2.27. The number of hydrogen-bond donors (Lipinski definition) is 0. The highest BCUT2D eigenvalue weighted by Crippen LogP contribution is 2.26. The average Bonchev–Trinajstić information content (AvgIpc) is 2.50. The van der Waals surface area contributed by atoms with Crippen molar-refractivity contribution in [2.75, 3.05) is 13.1 Å². The molecule has 0 amide bonds. The van der Waals surface area contributed by atoms with Crippen molar-refractivity contribution in [1.82, 2.24) is 5.06 Å². The molecule has 1 fully saturated rings. The average molecular weight is 366 g/mol. The van der Waals surface area contributed by atoms with Crippen LogP contribution in [0.1, 0.15) is 50.7 Å². The summed E-state index contributed by atoms with van der Waals surface area (Å²) < 4.78 is 1.18. The molecule has 0 spiro atoms. The van der Waals surface area contributed by atoms with Gasteiger partial charge in [0, 0.05) is 24.0 Å². The first kappa shape index (κ1) is 17.2. The molecule has 0 unspecified atom stereocenters. The molecule has 0 bridgehead atoms. The van der Waals surface area contributed by atoms with Gasteiger partial charge in [-0.3, -0.25) is 4.79 Å². The number of carbonyl (C=O) groups excluding carboxylic acids is 1. The zero-order chi connectivity index (χ0) is 15.9. The van der Waals surface area contributed by atoms with Crippen molar-refractivity contribution in [3.63, 3.8) is 0 Å². The number of benzene rings is 1. The van der Waals surface area contributed by atoms with Gasteiger partial charge in [-0.05, 0) is 42.9 Å². The van der Waals surface area contributed by atoms with Gasteiger partial charge in [0.25, 0.3) is 0 Å². The molecule has 0 saturated carbocycles. The van der Waals surface area contributed by atoms with Crippen LogP contribution in [0.4, 0.5) is 0 Å². The molecule has 22 heavy (non-hydrogen) atoms. The second-order valence-corrected chi connectivity index (χ2v) is 6.46. The third-order valence-corrected chi connectivity index (χ3v) is 4.66. The van der Waals surface area contributed by atoms with Crippen molar-refractivity contribution < 1.29 is 9.63 Å². The van der Waals surface area contributed by atoms with E-state index in [0.717, 1.165) is 38.8 Å². The Bertz CT molecular complexity index is 544. The van der Waals surface area contributed by atoms with Crippen LogP contribution in [-0.4, -0.2) is 24.1 Å². The van der Waals surface area contributed by atoms with E-state index in [1.807, 2.05) is 6.92 Å². The monoisotopic (exact) mass is 365 g/mol. The molecule has 1 aliphatic rings. The first-order valence-electron chi connectivity index (χ1n) is 8.06. The molecule has 0 atom stereocenters. The minimum Gasteiger partial charge on any atom is -0.368 e. The number of nitrogens with zero attached hydrogens (tertiary/aromatic N) is 1. The quantitative estimate of drug-likeness (QED) is 0.753. The molecule has 2 rings (SSSR count). The van der Waals surface area contributed by atoms with Gasteiger partial charge < -0.3 is 4.84 Å². The second kappa shape index (κ2) is 8.49. The zero-order valence-corrected chi connectivity index (χ0v) is 15.0. The summed E-state index contributed by atoms with van der Waals surface area (Å²) in [5.74, 6) is -0.116. The van der Waals surface area contributed by atoms with Gasteiger partial charge in [-0.2, -0.15) is 0 Å². The molecule has 0 N–H and O–H groups in total. The Morgan fingerprint density at radius 1 is 1.32 bits per heavy atom. The summed E-state index contributed by atoms with van der Waals surface area (Å²) in [5.41, 5.74) is 4.07. The molecule has 0 aliphatic carbocycles. The van der Waals surface area contributed by atoms with Crippen molar-refractivity contribution in [3.8, 4) is 0 Å². The van der Waals surface area contributed by atoms with Crippen LogP contribution in [0.3, 0.4) is 0 Å². The second-order valence-electron chi connectivity index (χ2n) is 5.61. The van der Waals surface area contributed by atoms with Crippen molar-refractivity contribution in [2.45, 2.75) is 46.0 Å². The minimum absolute atomic E-state index is 0.116. The van der Waals surface area contributed by atoms with Crippen LogP contribution in [0.15, 0.2) is 28.2 Å².